The molecule has 1 fully saturated rings. The fourth-order valence-electron chi connectivity index (χ4n) is 2.88. The number of benzene rings is 2. The fourth-order valence-corrected chi connectivity index (χ4v) is 3.14. The maximum Gasteiger partial charge on any atom is 0.125 e. The van der Waals surface area contributed by atoms with Gasteiger partial charge in [0.15, 0.2) is 0 Å². The molecule has 0 amide bonds. The van der Waals surface area contributed by atoms with Gasteiger partial charge in [0.25, 0.3) is 0 Å². The zero-order chi connectivity index (χ0) is 13.9. The minimum atomic E-state index is -0.155. The lowest BCUT2D eigenvalue weighted by Gasteiger charge is -2.34. The van der Waals surface area contributed by atoms with E-state index in [1.165, 1.54) is 11.6 Å². The Labute approximate surface area is 127 Å². The molecule has 1 aliphatic rings. The van der Waals surface area contributed by atoms with Crippen LogP contribution in [0.25, 0.3) is 0 Å². The van der Waals surface area contributed by atoms with E-state index in [0.717, 1.165) is 36.1 Å². The van der Waals surface area contributed by atoms with Gasteiger partial charge < -0.3 is 4.90 Å². The van der Waals surface area contributed by atoms with Crippen LogP contribution in [0.4, 0.5) is 10.1 Å². The second-order valence-corrected chi connectivity index (χ2v) is 6.21. The van der Waals surface area contributed by atoms with E-state index in [-0.39, 0.29) is 5.82 Å². The molecule has 3 heteroatoms. The Kier molecular flexibility index (Phi) is 4.06. The first-order valence-electron chi connectivity index (χ1n) is 6.98. The van der Waals surface area contributed by atoms with Crippen molar-refractivity contribution >= 4 is 21.6 Å². The summed E-state index contributed by atoms with van der Waals surface area (Å²) in [5.74, 6) is 0.463. The molecule has 0 aliphatic carbocycles. The number of nitrogens with zero attached hydrogens (tertiary/aromatic N) is 1. The predicted molar refractivity (Wildman–Crippen MR) is 84.7 cm³/mol. The van der Waals surface area contributed by atoms with Crippen LogP contribution in [0.5, 0.6) is 0 Å². The number of piperidine rings is 1. The molecule has 0 bridgehead atoms. The SMILES string of the molecule is Fc1cccc(N2CCC(c3ccc(Br)cc3)CC2)c1. The third kappa shape index (κ3) is 3.04. The van der Waals surface area contributed by atoms with E-state index in [9.17, 15) is 4.39 Å². The van der Waals surface area contributed by atoms with Gasteiger partial charge in [-0.2, -0.15) is 0 Å². The summed E-state index contributed by atoms with van der Waals surface area (Å²) in [5, 5.41) is 0. The summed E-state index contributed by atoms with van der Waals surface area (Å²) in [7, 11) is 0. The van der Waals surface area contributed by atoms with Crippen LogP contribution in [-0.2, 0) is 0 Å². The van der Waals surface area contributed by atoms with E-state index in [1.807, 2.05) is 6.07 Å². The van der Waals surface area contributed by atoms with Crippen LogP contribution in [-0.4, -0.2) is 13.1 Å². The highest BCUT2D eigenvalue weighted by Gasteiger charge is 2.20. The van der Waals surface area contributed by atoms with Crippen LogP contribution in [0.1, 0.15) is 24.3 Å². The minimum absolute atomic E-state index is 0.155. The maximum atomic E-state index is 13.3. The van der Waals surface area contributed by atoms with Crippen molar-refractivity contribution in [2.45, 2.75) is 18.8 Å². The van der Waals surface area contributed by atoms with Crippen molar-refractivity contribution in [3.05, 3.63) is 64.4 Å². The van der Waals surface area contributed by atoms with Gasteiger partial charge in [0.2, 0.25) is 0 Å². The number of halogens is 2. The molecule has 0 atom stereocenters. The second kappa shape index (κ2) is 5.96. The lowest BCUT2D eigenvalue weighted by Crippen LogP contribution is -2.32. The summed E-state index contributed by atoms with van der Waals surface area (Å²) in [6, 6.07) is 15.5. The number of rotatable bonds is 2. The van der Waals surface area contributed by atoms with E-state index in [0.29, 0.717) is 5.92 Å². The van der Waals surface area contributed by atoms with E-state index < -0.39 is 0 Å². The Morgan fingerprint density at radius 3 is 2.35 bits per heavy atom. The highest BCUT2D eigenvalue weighted by Crippen LogP contribution is 2.31. The maximum absolute atomic E-state index is 13.3. The number of hydrogen-bond donors (Lipinski definition) is 0. The van der Waals surface area contributed by atoms with Crippen LogP contribution in [0.3, 0.4) is 0 Å². The third-order valence-corrected chi connectivity index (χ3v) is 4.54. The largest absolute Gasteiger partial charge is 0.371 e. The quantitative estimate of drug-likeness (QED) is 0.749. The molecule has 1 saturated heterocycles. The lowest BCUT2D eigenvalue weighted by molar-refractivity contribution is 0.504. The van der Waals surface area contributed by atoms with Crippen molar-refractivity contribution in [3.8, 4) is 0 Å². The summed E-state index contributed by atoms with van der Waals surface area (Å²) in [6.07, 6.45) is 2.25. The summed E-state index contributed by atoms with van der Waals surface area (Å²) in [6.45, 7) is 1.98. The van der Waals surface area contributed by atoms with Crippen molar-refractivity contribution in [3.63, 3.8) is 0 Å². The molecule has 20 heavy (non-hydrogen) atoms. The van der Waals surface area contributed by atoms with Crippen LogP contribution < -0.4 is 4.90 Å². The smallest absolute Gasteiger partial charge is 0.125 e. The molecular weight excluding hydrogens is 317 g/mol. The number of anilines is 1. The number of hydrogen-bond acceptors (Lipinski definition) is 1. The third-order valence-electron chi connectivity index (χ3n) is 4.01. The van der Waals surface area contributed by atoms with Crippen molar-refractivity contribution in [2.75, 3.05) is 18.0 Å². The van der Waals surface area contributed by atoms with Gasteiger partial charge in [-0.1, -0.05) is 34.1 Å². The van der Waals surface area contributed by atoms with E-state index in [4.69, 9.17) is 0 Å². The molecule has 0 saturated carbocycles. The first-order valence-corrected chi connectivity index (χ1v) is 7.77. The monoisotopic (exact) mass is 333 g/mol. The first-order chi connectivity index (χ1) is 9.72. The van der Waals surface area contributed by atoms with Crippen LogP contribution in [0.15, 0.2) is 53.0 Å². The molecule has 1 nitrogen and oxygen atoms in total. The molecular formula is C17H17BrFN. The van der Waals surface area contributed by atoms with Gasteiger partial charge in [0.05, 0.1) is 0 Å². The van der Waals surface area contributed by atoms with Gasteiger partial charge in [-0.05, 0) is 54.7 Å². The van der Waals surface area contributed by atoms with Gasteiger partial charge in [0.1, 0.15) is 5.82 Å². The molecule has 0 aromatic heterocycles. The van der Waals surface area contributed by atoms with Crippen molar-refractivity contribution in [1.29, 1.82) is 0 Å². The van der Waals surface area contributed by atoms with Gasteiger partial charge in [-0.15, -0.1) is 0 Å². The highest BCUT2D eigenvalue weighted by atomic mass is 79.9. The van der Waals surface area contributed by atoms with Crippen molar-refractivity contribution in [1.82, 2.24) is 0 Å². The zero-order valence-corrected chi connectivity index (χ0v) is 12.8. The van der Waals surface area contributed by atoms with Crippen molar-refractivity contribution in [2.24, 2.45) is 0 Å². The van der Waals surface area contributed by atoms with Crippen LogP contribution >= 0.6 is 15.9 Å². The summed E-state index contributed by atoms with van der Waals surface area (Å²) in [5.41, 5.74) is 2.41. The average molecular weight is 334 g/mol. The zero-order valence-electron chi connectivity index (χ0n) is 11.2. The molecule has 0 unspecified atom stereocenters. The topological polar surface area (TPSA) is 3.24 Å². The standard InChI is InChI=1S/C17H17BrFN/c18-15-6-4-13(5-7-15)14-8-10-20(11-9-14)17-3-1-2-16(19)12-17/h1-7,12,14H,8-11H2. The van der Waals surface area contributed by atoms with Crippen LogP contribution in [0.2, 0.25) is 0 Å². The molecule has 3 rings (SSSR count). The Morgan fingerprint density at radius 2 is 1.70 bits per heavy atom. The normalized spacial score (nSPS) is 16.4. The van der Waals surface area contributed by atoms with E-state index in [2.05, 4.69) is 45.1 Å². The first kappa shape index (κ1) is 13.6. The summed E-state index contributed by atoms with van der Waals surface area (Å²) < 4.78 is 14.4. The summed E-state index contributed by atoms with van der Waals surface area (Å²) in [4.78, 5) is 2.28. The Hall–Kier alpha value is -1.35. The molecule has 104 valence electrons. The average Bonchev–Trinajstić information content (AvgIpc) is 2.48. The Morgan fingerprint density at radius 1 is 1.00 bits per heavy atom. The Bertz CT molecular complexity index is 574. The second-order valence-electron chi connectivity index (χ2n) is 5.29. The molecule has 0 spiro atoms. The molecule has 2 aromatic rings. The molecule has 2 aromatic carbocycles. The van der Waals surface area contributed by atoms with Gasteiger partial charge >= 0.3 is 0 Å². The highest BCUT2D eigenvalue weighted by molar-refractivity contribution is 9.10. The minimum Gasteiger partial charge on any atom is -0.371 e. The van der Waals surface area contributed by atoms with E-state index in [1.54, 1.807) is 12.1 Å². The van der Waals surface area contributed by atoms with Gasteiger partial charge in [-0.25, -0.2) is 4.39 Å². The molecule has 0 N–H and O–H groups in total. The lowest BCUT2D eigenvalue weighted by atomic mass is 9.89. The van der Waals surface area contributed by atoms with Crippen LogP contribution in [0, 0.1) is 5.82 Å². The van der Waals surface area contributed by atoms with Gasteiger partial charge in [-0.3, -0.25) is 0 Å². The van der Waals surface area contributed by atoms with Gasteiger partial charge in [0, 0.05) is 23.2 Å². The summed E-state index contributed by atoms with van der Waals surface area (Å²) >= 11 is 3.47. The van der Waals surface area contributed by atoms with Crippen molar-refractivity contribution < 1.29 is 4.39 Å². The molecule has 0 radical (unpaired) electrons. The molecule has 1 heterocycles. The predicted octanol–water partition coefficient (Wildman–Crippen LogP) is 4.97. The Balaban J connectivity index is 1.66. The van der Waals surface area contributed by atoms with E-state index >= 15 is 0 Å². The molecule has 1 aliphatic heterocycles. The fraction of sp³-hybridized carbons (Fsp3) is 0.294.